The van der Waals surface area contributed by atoms with Gasteiger partial charge in [0.15, 0.2) is 0 Å². The van der Waals surface area contributed by atoms with E-state index < -0.39 is 0 Å². The molecule has 0 bridgehead atoms. The summed E-state index contributed by atoms with van der Waals surface area (Å²) in [5.74, 6) is 1.79. The highest BCUT2D eigenvalue weighted by Gasteiger charge is 2.08. The molecule has 0 radical (unpaired) electrons. The van der Waals surface area contributed by atoms with Gasteiger partial charge in [-0.1, -0.05) is 13.8 Å². The second kappa shape index (κ2) is 4.12. The van der Waals surface area contributed by atoms with Gasteiger partial charge in [0.2, 0.25) is 0 Å². The topological polar surface area (TPSA) is 48.1 Å². The number of nitrogen functional groups attached to an aromatic ring is 1. The van der Waals surface area contributed by atoms with Crippen LogP contribution in [0.2, 0.25) is 0 Å². The zero-order valence-corrected chi connectivity index (χ0v) is 8.32. The molecule has 1 unspecified atom stereocenters. The van der Waals surface area contributed by atoms with Crippen LogP contribution in [0.4, 0.5) is 5.82 Å². The molecule has 1 heterocycles. The molecule has 0 fully saturated rings. The smallest absolute Gasteiger partial charge is 0.138 e. The summed E-state index contributed by atoms with van der Waals surface area (Å²) >= 11 is 0. The molecular formula is C10H16N2O. The maximum absolute atomic E-state index is 5.61. The lowest BCUT2D eigenvalue weighted by Gasteiger charge is -2.17. The van der Waals surface area contributed by atoms with Crippen LogP contribution in [-0.2, 0) is 0 Å². The third-order valence-electron chi connectivity index (χ3n) is 2.02. The lowest BCUT2D eigenvalue weighted by Crippen LogP contribution is -2.18. The van der Waals surface area contributed by atoms with Crippen molar-refractivity contribution in [2.75, 3.05) is 5.73 Å². The number of aromatic nitrogens is 1. The molecule has 72 valence electrons. The van der Waals surface area contributed by atoms with E-state index in [0.717, 1.165) is 5.75 Å². The number of hydrogen-bond donors (Lipinski definition) is 1. The number of nitrogens with zero attached hydrogens (tertiary/aromatic N) is 1. The van der Waals surface area contributed by atoms with E-state index in [1.54, 1.807) is 12.3 Å². The average Bonchev–Trinajstić information content (AvgIpc) is 2.08. The van der Waals surface area contributed by atoms with E-state index in [4.69, 9.17) is 10.5 Å². The Hall–Kier alpha value is -1.25. The molecule has 0 amide bonds. The summed E-state index contributed by atoms with van der Waals surface area (Å²) in [6.07, 6.45) is 1.85. The van der Waals surface area contributed by atoms with Crippen LogP contribution < -0.4 is 10.5 Å². The van der Waals surface area contributed by atoms with Gasteiger partial charge >= 0.3 is 0 Å². The van der Waals surface area contributed by atoms with Gasteiger partial charge in [-0.2, -0.15) is 0 Å². The van der Waals surface area contributed by atoms with Gasteiger partial charge in [0.25, 0.3) is 0 Å². The molecule has 2 N–H and O–H groups in total. The third kappa shape index (κ3) is 2.93. The van der Waals surface area contributed by atoms with Crippen molar-refractivity contribution >= 4 is 5.82 Å². The zero-order chi connectivity index (χ0) is 9.84. The van der Waals surface area contributed by atoms with Gasteiger partial charge in [0.05, 0.1) is 12.3 Å². The summed E-state index contributed by atoms with van der Waals surface area (Å²) in [5, 5.41) is 0. The molecule has 0 spiro atoms. The Morgan fingerprint density at radius 2 is 2.00 bits per heavy atom. The van der Waals surface area contributed by atoms with Crippen LogP contribution in [0, 0.1) is 5.92 Å². The van der Waals surface area contributed by atoms with Crippen molar-refractivity contribution in [3.8, 4) is 5.75 Å². The first-order valence-corrected chi connectivity index (χ1v) is 4.48. The average molecular weight is 180 g/mol. The van der Waals surface area contributed by atoms with Crippen molar-refractivity contribution in [2.24, 2.45) is 5.92 Å². The Bertz CT molecular complexity index is 256. The van der Waals surface area contributed by atoms with Gasteiger partial charge in [-0.05, 0) is 25.0 Å². The molecule has 1 atom stereocenters. The lowest BCUT2D eigenvalue weighted by molar-refractivity contribution is 0.170. The van der Waals surface area contributed by atoms with Gasteiger partial charge in [-0.25, -0.2) is 4.98 Å². The van der Waals surface area contributed by atoms with Gasteiger partial charge in [-0.3, -0.25) is 0 Å². The third-order valence-corrected chi connectivity index (χ3v) is 2.02. The SMILES string of the molecule is CC(C)C(C)Oc1ccc(N)nc1. The van der Waals surface area contributed by atoms with Gasteiger partial charge in [-0.15, -0.1) is 0 Å². The van der Waals surface area contributed by atoms with E-state index >= 15 is 0 Å². The maximum Gasteiger partial charge on any atom is 0.138 e. The minimum absolute atomic E-state index is 0.199. The number of rotatable bonds is 3. The van der Waals surface area contributed by atoms with Crippen LogP contribution in [0.3, 0.4) is 0 Å². The van der Waals surface area contributed by atoms with Crippen LogP contribution in [0.15, 0.2) is 18.3 Å². The number of pyridine rings is 1. The van der Waals surface area contributed by atoms with Crippen LogP contribution in [0.25, 0.3) is 0 Å². The molecular weight excluding hydrogens is 164 g/mol. The number of hydrogen-bond acceptors (Lipinski definition) is 3. The first kappa shape index (κ1) is 9.84. The molecule has 1 aromatic heterocycles. The monoisotopic (exact) mass is 180 g/mol. The molecule has 0 aliphatic carbocycles. The Balaban J connectivity index is 2.59. The van der Waals surface area contributed by atoms with Crippen molar-refractivity contribution in [1.29, 1.82) is 0 Å². The molecule has 1 rings (SSSR count). The minimum Gasteiger partial charge on any atom is -0.489 e. The predicted octanol–water partition coefficient (Wildman–Crippen LogP) is 2.09. The highest BCUT2D eigenvalue weighted by atomic mass is 16.5. The predicted molar refractivity (Wildman–Crippen MR) is 53.6 cm³/mol. The number of ether oxygens (including phenoxy) is 1. The summed E-state index contributed by atoms with van der Waals surface area (Å²) in [7, 11) is 0. The molecule has 3 nitrogen and oxygen atoms in total. The highest BCUT2D eigenvalue weighted by Crippen LogP contribution is 2.15. The van der Waals surface area contributed by atoms with E-state index in [9.17, 15) is 0 Å². The van der Waals surface area contributed by atoms with Gasteiger partial charge in [0.1, 0.15) is 11.6 Å². The second-order valence-corrected chi connectivity index (χ2v) is 3.49. The first-order chi connectivity index (χ1) is 6.09. The van der Waals surface area contributed by atoms with E-state index in [1.165, 1.54) is 0 Å². The van der Waals surface area contributed by atoms with E-state index in [2.05, 4.69) is 18.8 Å². The minimum atomic E-state index is 0.199. The summed E-state index contributed by atoms with van der Waals surface area (Å²) < 4.78 is 5.61. The van der Waals surface area contributed by atoms with Crippen molar-refractivity contribution in [1.82, 2.24) is 4.98 Å². The fourth-order valence-corrected chi connectivity index (χ4v) is 0.812. The zero-order valence-electron chi connectivity index (χ0n) is 8.32. The fraction of sp³-hybridized carbons (Fsp3) is 0.500. The van der Waals surface area contributed by atoms with E-state index in [1.807, 2.05) is 13.0 Å². The van der Waals surface area contributed by atoms with Crippen molar-refractivity contribution in [3.63, 3.8) is 0 Å². The van der Waals surface area contributed by atoms with Crippen molar-refractivity contribution < 1.29 is 4.74 Å². The first-order valence-electron chi connectivity index (χ1n) is 4.48. The standard InChI is InChI=1S/C10H16N2O/c1-7(2)8(3)13-9-4-5-10(11)12-6-9/h4-8H,1-3H3,(H2,11,12). The fourth-order valence-electron chi connectivity index (χ4n) is 0.812. The molecule has 3 heteroatoms. The second-order valence-electron chi connectivity index (χ2n) is 3.49. The molecule has 0 aliphatic heterocycles. The summed E-state index contributed by atoms with van der Waals surface area (Å²) in [6.45, 7) is 6.28. The largest absolute Gasteiger partial charge is 0.489 e. The molecule has 0 aliphatic rings. The van der Waals surface area contributed by atoms with Crippen molar-refractivity contribution in [3.05, 3.63) is 18.3 Å². The van der Waals surface area contributed by atoms with Crippen LogP contribution in [-0.4, -0.2) is 11.1 Å². The Morgan fingerprint density at radius 3 is 2.46 bits per heavy atom. The normalized spacial score (nSPS) is 12.9. The van der Waals surface area contributed by atoms with E-state index in [0.29, 0.717) is 11.7 Å². The number of nitrogens with two attached hydrogens (primary N) is 1. The van der Waals surface area contributed by atoms with E-state index in [-0.39, 0.29) is 6.10 Å². The van der Waals surface area contributed by atoms with Crippen LogP contribution in [0.1, 0.15) is 20.8 Å². The Kier molecular flexibility index (Phi) is 3.12. The van der Waals surface area contributed by atoms with Gasteiger partial charge < -0.3 is 10.5 Å². The Labute approximate surface area is 78.9 Å². The molecule has 0 saturated carbocycles. The number of anilines is 1. The lowest BCUT2D eigenvalue weighted by atomic mass is 10.1. The molecule has 0 aromatic carbocycles. The quantitative estimate of drug-likeness (QED) is 0.774. The van der Waals surface area contributed by atoms with Gasteiger partial charge in [0, 0.05) is 0 Å². The molecule has 1 aromatic rings. The highest BCUT2D eigenvalue weighted by molar-refractivity contribution is 5.32. The molecule has 13 heavy (non-hydrogen) atoms. The summed E-state index contributed by atoms with van der Waals surface area (Å²) in [4.78, 5) is 3.94. The summed E-state index contributed by atoms with van der Waals surface area (Å²) in [5.41, 5.74) is 5.45. The van der Waals surface area contributed by atoms with Crippen LogP contribution >= 0.6 is 0 Å². The Morgan fingerprint density at radius 1 is 1.31 bits per heavy atom. The van der Waals surface area contributed by atoms with Crippen molar-refractivity contribution in [2.45, 2.75) is 26.9 Å². The molecule has 0 saturated heterocycles. The summed E-state index contributed by atoms with van der Waals surface area (Å²) in [6, 6.07) is 3.57. The maximum atomic E-state index is 5.61. The van der Waals surface area contributed by atoms with Crippen LogP contribution in [0.5, 0.6) is 5.75 Å².